The number of aliphatic hydroxyl groups excluding tert-OH is 1. The number of carbonyl (C=O) groups is 3. The van der Waals surface area contributed by atoms with Crippen molar-refractivity contribution >= 4 is 18.0 Å². The monoisotopic (exact) mass is 376 g/mol. The summed E-state index contributed by atoms with van der Waals surface area (Å²) in [6.45, 7) is 0.933. The lowest BCUT2D eigenvalue weighted by Crippen LogP contribution is -2.53. The van der Waals surface area contributed by atoms with Gasteiger partial charge in [-0.2, -0.15) is 0 Å². The topological polar surface area (TPSA) is 107 Å². The average molecular weight is 376 g/mol. The minimum Gasteiger partial charge on any atom is -0.479 e. The summed E-state index contributed by atoms with van der Waals surface area (Å²) in [7, 11) is 0. The third kappa shape index (κ3) is 4.21. The molecule has 0 spiro atoms. The van der Waals surface area contributed by atoms with Gasteiger partial charge in [-0.25, -0.2) is 9.59 Å². The van der Waals surface area contributed by atoms with Crippen LogP contribution in [0.25, 0.3) is 0 Å². The number of aliphatic carboxylic acids is 1. The van der Waals surface area contributed by atoms with Crippen molar-refractivity contribution in [2.45, 2.75) is 50.5 Å². The summed E-state index contributed by atoms with van der Waals surface area (Å²) < 4.78 is 5.34. The highest BCUT2D eigenvalue weighted by Crippen LogP contribution is 2.27. The molecule has 8 nitrogen and oxygen atoms in total. The summed E-state index contributed by atoms with van der Waals surface area (Å²) in [5, 5.41) is 18.9. The Kier molecular flexibility index (Phi) is 5.95. The van der Waals surface area contributed by atoms with Gasteiger partial charge in [0, 0.05) is 13.1 Å². The molecule has 2 amide bonds. The SMILES string of the molecule is O=C(O)[C@H](O)[C@@H]1CCCN1C(=O)[C@@H]1CCCN1C(=O)OCc1ccccc1. The Labute approximate surface area is 157 Å². The van der Waals surface area contributed by atoms with Crippen molar-refractivity contribution < 1.29 is 29.3 Å². The highest BCUT2D eigenvalue weighted by atomic mass is 16.6. The quantitative estimate of drug-likeness (QED) is 0.800. The molecule has 0 aliphatic carbocycles. The Hall–Kier alpha value is -2.61. The van der Waals surface area contributed by atoms with Crippen molar-refractivity contribution in [2.75, 3.05) is 13.1 Å². The van der Waals surface area contributed by atoms with Crippen molar-refractivity contribution in [3.8, 4) is 0 Å². The smallest absolute Gasteiger partial charge is 0.410 e. The molecule has 2 fully saturated rings. The fourth-order valence-corrected chi connectivity index (χ4v) is 3.79. The molecule has 0 bridgehead atoms. The maximum Gasteiger partial charge on any atom is 0.410 e. The molecule has 0 saturated carbocycles. The van der Waals surface area contributed by atoms with Gasteiger partial charge in [-0.3, -0.25) is 9.69 Å². The standard InChI is InChI=1S/C19H24N2O6/c22-16(18(24)25)14-8-4-10-20(14)17(23)15-9-5-11-21(15)19(26)27-12-13-6-2-1-3-7-13/h1-3,6-7,14-16,22H,4-5,8-12H2,(H,24,25)/t14-,15-,16+/m0/s1. The Balaban J connectivity index is 1.63. The second kappa shape index (κ2) is 8.39. The molecule has 1 aromatic rings. The van der Waals surface area contributed by atoms with Crippen LogP contribution in [0, 0.1) is 0 Å². The Morgan fingerprint density at radius 1 is 1.07 bits per heavy atom. The minimum atomic E-state index is -1.61. The van der Waals surface area contributed by atoms with Crippen LogP contribution < -0.4 is 0 Å². The average Bonchev–Trinajstić information content (AvgIpc) is 3.35. The summed E-state index contributed by atoms with van der Waals surface area (Å²) in [4.78, 5) is 39.3. The van der Waals surface area contributed by atoms with Crippen LogP contribution in [0.5, 0.6) is 0 Å². The van der Waals surface area contributed by atoms with Crippen molar-refractivity contribution in [1.82, 2.24) is 9.80 Å². The lowest BCUT2D eigenvalue weighted by molar-refractivity contribution is -0.152. The third-order valence-corrected chi connectivity index (χ3v) is 5.18. The Bertz CT molecular complexity index is 695. The number of rotatable bonds is 5. The molecule has 8 heteroatoms. The third-order valence-electron chi connectivity index (χ3n) is 5.18. The van der Waals surface area contributed by atoms with Crippen LogP contribution in [-0.2, 0) is 20.9 Å². The van der Waals surface area contributed by atoms with Crippen LogP contribution in [0.15, 0.2) is 30.3 Å². The number of nitrogens with zero attached hydrogens (tertiary/aromatic N) is 2. The number of likely N-dealkylation sites (tertiary alicyclic amines) is 2. The fourth-order valence-electron chi connectivity index (χ4n) is 3.79. The Morgan fingerprint density at radius 3 is 2.44 bits per heavy atom. The molecule has 146 valence electrons. The van der Waals surface area contributed by atoms with Gasteiger partial charge >= 0.3 is 12.1 Å². The molecule has 0 radical (unpaired) electrons. The van der Waals surface area contributed by atoms with Crippen molar-refractivity contribution in [3.63, 3.8) is 0 Å². The van der Waals surface area contributed by atoms with Gasteiger partial charge in [0.2, 0.25) is 5.91 Å². The summed E-state index contributed by atoms with van der Waals surface area (Å²) in [6.07, 6.45) is 0.0827. The zero-order chi connectivity index (χ0) is 19.4. The molecule has 2 saturated heterocycles. The van der Waals surface area contributed by atoms with E-state index in [2.05, 4.69) is 0 Å². The molecule has 3 rings (SSSR count). The highest BCUT2D eigenvalue weighted by molar-refractivity contribution is 5.87. The van der Waals surface area contributed by atoms with E-state index in [1.165, 1.54) is 9.80 Å². The maximum atomic E-state index is 12.9. The number of benzene rings is 1. The van der Waals surface area contributed by atoms with E-state index in [-0.39, 0.29) is 12.5 Å². The van der Waals surface area contributed by atoms with E-state index < -0.39 is 30.3 Å². The molecule has 1 aromatic carbocycles. The van der Waals surface area contributed by atoms with E-state index in [1.54, 1.807) is 0 Å². The Morgan fingerprint density at radius 2 is 1.74 bits per heavy atom. The number of carboxylic acid groups (broad SMARTS) is 1. The highest BCUT2D eigenvalue weighted by Gasteiger charge is 2.43. The largest absolute Gasteiger partial charge is 0.479 e. The van der Waals surface area contributed by atoms with Crippen molar-refractivity contribution in [2.24, 2.45) is 0 Å². The summed E-state index contributed by atoms with van der Waals surface area (Å²) in [6, 6.07) is 7.86. The number of hydrogen-bond donors (Lipinski definition) is 2. The van der Waals surface area contributed by atoms with E-state index >= 15 is 0 Å². The molecule has 2 heterocycles. The number of carbonyl (C=O) groups excluding carboxylic acids is 2. The van der Waals surface area contributed by atoms with E-state index in [4.69, 9.17) is 9.84 Å². The predicted octanol–water partition coefficient (Wildman–Crippen LogP) is 1.22. The molecular weight excluding hydrogens is 352 g/mol. The molecule has 3 atom stereocenters. The minimum absolute atomic E-state index is 0.126. The first kappa shape index (κ1) is 19.2. The van der Waals surface area contributed by atoms with Gasteiger partial charge in [-0.1, -0.05) is 30.3 Å². The lowest BCUT2D eigenvalue weighted by atomic mass is 10.1. The fraction of sp³-hybridized carbons (Fsp3) is 0.526. The first-order valence-corrected chi connectivity index (χ1v) is 9.17. The normalized spacial score (nSPS) is 23.3. The molecule has 2 aliphatic heterocycles. The van der Waals surface area contributed by atoms with E-state index in [9.17, 15) is 19.5 Å². The maximum absolute atomic E-state index is 12.9. The lowest BCUT2D eigenvalue weighted by Gasteiger charge is -2.32. The molecule has 2 N–H and O–H groups in total. The molecule has 2 aliphatic rings. The second-order valence-electron chi connectivity index (χ2n) is 6.92. The number of aliphatic hydroxyl groups is 1. The van der Waals surface area contributed by atoms with Gasteiger partial charge in [0.15, 0.2) is 6.10 Å². The van der Waals surface area contributed by atoms with Crippen LogP contribution in [0.2, 0.25) is 0 Å². The first-order valence-electron chi connectivity index (χ1n) is 9.17. The van der Waals surface area contributed by atoms with Gasteiger partial charge < -0.3 is 19.8 Å². The van der Waals surface area contributed by atoms with E-state index in [1.807, 2.05) is 30.3 Å². The van der Waals surface area contributed by atoms with E-state index in [0.717, 1.165) is 5.56 Å². The van der Waals surface area contributed by atoms with Crippen LogP contribution >= 0.6 is 0 Å². The zero-order valence-electron chi connectivity index (χ0n) is 15.0. The molecule has 0 aromatic heterocycles. The van der Waals surface area contributed by atoms with Gasteiger partial charge in [-0.05, 0) is 31.2 Å². The van der Waals surface area contributed by atoms with Gasteiger partial charge in [0.25, 0.3) is 0 Å². The first-order chi connectivity index (χ1) is 13.0. The summed E-state index contributed by atoms with van der Waals surface area (Å²) in [5.74, 6) is -1.66. The number of hydrogen-bond acceptors (Lipinski definition) is 5. The summed E-state index contributed by atoms with van der Waals surface area (Å²) in [5.41, 5.74) is 0.858. The van der Waals surface area contributed by atoms with Gasteiger partial charge in [0.1, 0.15) is 12.6 Å². The van der Waals surface area contributed by atoms with Crippen LogP contribution in [-0.4, -0.2) is 69.3 Å². The summed E-state index contributed by atoms with van der Waals surface area (Å²) >= 11 is 0. The van der Waals surface area contributed by atoms with E-state index in [0.29, 0.717) is 38.8 Å². The number of carboxylic acids is 1. The molecule has 27 heavy (non-hydrogen) atoms. The second-order valence-corrected chi connectivity index (χ2v) is 6.92. The number of amides is 2. The van der Waals surface area contributed by atoms with Crippen molar-refractivity contribution in [3.05, 3.63) is 35.9 Å². The predicted molar refractivity (Wildman–Crippen MR) is 94.7 cm³/mol. The molecule has 0 unspecified atom stereocenters. The van der Waals surface area contributed by atoms with Gasteiger partial charge in [0.05, 0.1) is 6.04 Å². The van der Waals surface area contributed by atoms with Crippen LogP contribution in [0.3, 0.4) is 0 Å². The number of ether oxygens (including phenoxy) is 1. The van der Waals surface area contributed by atoms with Gasteiger partial charge in [-0.15, -0.1) is 0 Å². The van der Waals surface area contributed by atoms with Crippen LogP contribution in [0.1, 0.15) is 31.2 Å². The zero-order valence-corrected chi connectivity index (χ0v) is 15.0. The van der Waals surface area contributed by atoms with Crippen molar-refractivity contribution in [1.29, 1.82) is 0 Å². The molecular formula is C19H24N2O6. The van der Waals surface area contributed by atoms with Crippen LogP contribution in [0.4, 0.5) is 4.79 Å².